The first kappa shape index (κ1) is 16.4. The normalized spacial score (nSPS) is 20.3. The molecule has 128 valence electrons. The molecule has 1 fully saturated rings. The summed E-state index contributed by atoms with van der Waals surface area (Å²) in [5, 5.41) is 4.27. The van der Waals surface area contributed by atoms with Gasteiger partial charge in [0.05, 0.1) is 32.1 Å². The maximum absolute atomic E-state index is 5.99. The zero-order chi connectivity index (χ0) is 16.9. The van der Waals surface area contributed by atoms with Gasteiger partial charge >= 0.3 is 0 Å². The van der Waals surface area contributed by atoms with Crippen LogP contribution < -0.4 is 9.64 Å². The molecule has 3 heterocycles. The molecular formula is C17H23N5O2. The standard InChI is InChI=1S/C17H23N5O2/c1-4-7-24-15-5-6-22(16-9-17(23-3)19-12-18-16)14(15)8-13-10-20-21(2)11-13/h4,9-12,14-15H,1,5-8H2,2-3H3/t14-,15+/m0/s1. The molecule has 1 aliphatic rings. The lowest BCUT2D eigenvalue weighted by atomic mass is 10.0. The van der Waals surface area contributed by atoms with Gasteiger partial charge in [-0.05, 0) is 18.4 Å². The Kier molecular flexibility index (Phi) is 5.10. The van der Waals surface area contributed by atoms with Crippen molar-refractivity contribution in [2.24, 2.45) is 7.05 Å². The lowest BCUT2D eigenvalue weighted by Crippen LogP contribution is -2.38. The second kappa shape index (κ2) is 7.44. The summed E-state index contributed by atoms with van der Waals surface area (Å²) in [6.45, 7) is 5.18. The van der Waals surface area contributed by atoms with Crippen molar-refractivity contribution < 1.29 is 9.47 Å². The molecule has 0 unspecified atom stereocenters. The van der Waals surface area contributed by atoms with Crippen molar-refractivity contribution in [1.29, 1.82) is 0 Å². The number of methoxy groups -OCH3 is 1. The van der Waals surface area contributed by atoms with Crippen LogP contribution in [0.3, 0.4) is 0 Å². The Hall–Kier alpha value is -2.41. The Morgan fingerprint density at radius 1 is 1.42 bits per heavy atom. The lowest BCUT2D eigenvalue weighted by molar-refractivity contribution is 0.0681. The highest BCUT2D eigenvalue weighted by Gasteiger charge is 2.36. The Bertz CT molecular complexity index is 687. The number of ether oxygens (including phenoxy) is 2. The summed E-state index contributed by atoms with van der Waals surface area (Å²) >= 11 is 0. The van der Waals surface area contributed by atoms with Gasteiger partial charge in [-0.3, -0.25) is 4.68 Å². The third-order valence-electron chi connectivity index (χ3n) is 4.25. The molecule has 7 nitrogen and oxygen atoms in total. The van der Waals surface area contributed by atoms with Crippen LogP contribution in [-0.4, -0.2) is 52.2 Å². The SMILES string of the molecule is C=CCO[C@@H]1CCN(c2cc(OC)ncn2)[C@H]1Cc1cnn(C)c1. The van der Waals surface area contributed by atoms with Crippen molar-refractivity contribution in [3.63, 3.8) is 0 Å². The van der Waals surface area contributed by atoms with Crippen molar-refractivity contribution in [1.82, 2.24) is 19.7 Å². The number of hydrogen-bond acceptors (Lipinski definition) is 6. The van der Waals surface area contributed by atoms with Gasteiger partial charge in [0.15, 0.2) is 0 Å². The summed E-state index contributed by atoms with van der Waals surface area (Å²) in [4.78, 5) is 10.8. The van der Waals surface area contributed by atoms with E-state index in [0.29, 0.717) is 12.5 Å². The summed E-state index contributed by atoms with van der Waals surface area (Å²) in [6.07, 6.45) is 9.20. The largest absolute Gasteiger partial charge is 0.481 e. The molecule has 0 aromatic carbocycles. The van der Waals surface area contributed by atoms with E-state index in [1.54, 1.807) is 13.2 Å². The first-order chi connectivity index (χ1) is 11.7. The number of anilines is 1. The third-order valence-corrected chi connectivity index (χ3v) is 4.25. The van der Waals surface area contributed by atoms with Crippen LogP contribution in [0.25, 0.3) is 0 Å². The highest BCUT2D eigenvalue weighted by Crippen LogP contribution is 2.29. The van der Waals surface area contributed by atoms with Gasteiger partial charge in [-0.25, -0.2) is 9.97 Å². The minimum atomic E-state index is 0.129. The molecule has 2 aromatic rings. The smallest absolute Gasteiger partial charge is 0.218 e. The van der Waals surface area contributed by atoms with Gasteiger partial charge in [-0.2, -0.15) is 5.10 Å². The second-order valence-electron chi connectivity index (χ2n) is 5.85. The fraction of sp³-hybridized carbons (Fsp3) is 0.471. The van der Waals surface area contributed by atoms with Gasteiger partial charge in [-0.1, -0.05) is 6.08 Å². The van der Waals surface area contributed by atoms with E-state index in [1.807, 2.05) is 30.2 Å². The van der Waals surface area contributed by atoms with Crippen molar-refractivity contribution in [3.8, 4) is 5.88 Å². The first-order valence-corrected chi connectivity index (χ1v) is 8.04. The Morgan fingerprint density at radius 2 is 2.29 bits per heavy atom. The summed E-state index contributed by atoms with van der Waals surface area (Å²) in [5.74, 6) is 1.43. The van der Waals surface area contributed by atoms with Crippen molar-refractivity contribution >= 4 is 5.82 Å². The second-order valence-corrected chi connectivity index (χ2v) is 5.85. The summed E-state index contributed by atoms with van der Waals surface area (Å²) in [5.41, 5.74) is 1.18. The van der Waals surface area contributed by atoms with Crippen LogP contribution in [0.5, 0.6) is 5.88 Å². The monoisotopic (exact) mass is 329 g/mol. The van der Waals surface area contributed by atoms with Gasteiger partial charge in [0, 0.05) is 25.9 Å². The van der Waals surface area contributed by atoms with E-state index < -0.39 is 0 Å². The summed E-state index contributed by atoms with van der Waals surface area (Å²) in [6, 6.07) is 2.06. The Morgan fingerprint density at radius 3 is 3.00 bits per heavy atom. The van der Waals surface area contributed by atoms with E-state index in [4.69, 9.17) is 9.47 Å². The van der Waals surface area contributed by atoms with Gasteiger partial charge in [-0.15, -0.1) is 6.58 Å². The molecule has 0 spiro atoms. The number of aromatic nitrogens is 4. The average molecular weight is 329 g/mol. The van der Waals surface area contributed by atoms with Crippen molar-refractivity contribution in [2.75, 3.05) is 25.2 Å². The Balaban J connectivity index is 1.83. The molecule has 0 bridgehead atoms. The van der Waals surface area contributed by atoms with Gasteiger partial charge in [0.1, 0.15) is 12.1 Å². The van der Waals surface area contributed by atoms with E-state index in [9.17, 15) is 0 Å². The molecular weight excluding hydrogens is 306 g/mol. The molecule has 0 radical (unpaired) electrons. The number of aryl methyl sites for hydroxylation is 1. The highest BCUT2D eigenvalue weighted by atomic mass is 16.5. The lowest BCUT2D eigenvalue weighted by Gasteiger charge is -2.28. The molecule has 0 N–H and O–H groups in total. The zero-order valence-electron chi connectivity index (χ0n) is 14.1. The molecule has 3 rings (SSSR count). The minimum absolute atomic E-state index is 0.129. The summed E-state index contributed by atoms with van der Waals surface area (Å²) < 4.78 is 13.0. The predicted octanol–water partition coefficient (Wildman–Crippen LogP) is 1.61. The van der Waals surface area contributed by atoms with Crippen LogP contribution >= 0.6 is 0 Å². The van der Waals surface area contributed by atoms with Crippen molar-refractivity contribution in [3.05, 3.63) is 43.0 Å². The molecule has 1 aliphatic heterocycles. The highest BCUT2D eigenvalue weighted by molar-refractivity contribution is 5.44. The van der Waals surface area contributed by atoms with Gasteiger partial charge in [0.2, 0.25) is 5.88 Å². The zero-order valence-corrected chi connectivity index (χ0v) is 14.1. The number of hydrogen-bond donors (Lipinski definition) is 0. The molecule has 24 heavy (non-hydrogen) atoms. The van der Waals surface area contributed by atoms with E-state index in [2.05, 4.69) is 26.5 Å². The van der Waals surface area contributed by atoms with E-state index in [0.717, 1.165) is 25.2 Å². The molecule has 0 saturated carbocycles. The molecule has 0 aliphatic carbocycles. The van der Waals surface area contributed by atoms with Crippen molar-refractivity contribution in [2.45, 2.75) is 25.0 Å². The average Bonchev–Trinajstić information content (AvgIpc) is 3.19. The predicted molar refractivity (Wildman–Crippen MR) is 91.2 cm³/mol. The van der Waals surface area contributed by atoms with Crippen LogP contribution in [0.4, 0.5) is 5.82 Å². The molecule has 2 aromatic heterocycles. The fourth-order valence-electron chi connectivity index (χ4n) is 3.15. The van der Waals surface area contributed by atoms with Crippen LogP contribution in [-0.2, 0) is 18.2 Å². The summed E-state index contributed by atoms with van der Waals surface area (Å²) in [7, 11) is 3.54. The van der Waals surface area contributed by atoms with E-state index in [1.165, 1.54) is 11.9 Å². The van der Waals surface area contributed by atoms with E-state index >= 15 is 0 Å². The molecule has 1 saturated heterocycles. The van der Waals surface area contributed by atoms with Crippen LogP contribution in [0.1, 0.15) is 12.0 Å². The minimum Gasteiger partial charge on any atom is -0.481 e. The quantitative estimate of drug-likeness (QED) is 0.719. The molecule has 0 amide bonds. The molecule has 2 atom stereocenters. The number of rotatable bonds is 7. The van der Waals surface area contributed by atoms with Crippen LogP contribution in [0, 0.1) is 0 Å². The molecule has 7 heteroatoms. The maximum atomic E-state index is 5.99. The van der Waals surface area contributed by atoms with Crippen LogP contribution in [0.15, 0.2) is 37.4 Å². The topological polar surface area (TPSA) is 65.3 Å². The van der Waals surface area contributed by atoms with Crippen LogP contribution in [0.2, 0.25) is 0 Å². The van der Waals surface area contributed by atoms with Gasteiger partial charge < -0.3 is 14.4 Å². The third kappa shape index (κ3) is 3.56. The van der Waals surface area contributed by atoms with Gasteiger partial charge in [0.25, 0.3) is 0 Å². The first-order valence-electron chi connectivity index (χ1n) is 8.04. The number of nitrogens with zero attached hydrogens (tertiary/aromatic N) is 5. The van der Waals surface area contributed by atoms with E-state index in [-0.39, 0.29) is 12.1 Å². The Labute approximate surface area is 141 Å². The fourth-order valence-corrected chi connectivity index (χ4v) is 3.15. The maximum Gasteiger partial charge on any atom is 0.218 e.